The van der Waals surface area contributed by atoms with Crippen molar-refractivity contribution in [1.29, 1.82) is 0 Å². The van der Waals surface area contributed by atoms with Gasteiger partial charge in [0.05, 0.1) is 11.8 Å². The number of pyridine rings is 1. The van der Waals surface area contributed by atoms with Crippen LogP contribution in [0.1, 0.15) is 23.2 Å². The highest BCUT2D eigenvalue weighted by Crippen LogP contribution is 2.19. The van der Waals surface area contributed by atoms with Crippen molar-refractivity contribution in [2.24, 2.45) is 0 Å². The largest absolute Gasteiger partial charge is 0.353 e. The summed E-state index contributed by atoms with van der Waals surface area (Å²) in [5, 5.41) is 3.88. The van der Waals surface area contributed by atoms with E-state index in [-0.39, 0.29) is 11.9 Å². The van der Waals surface area contributed by atoms with Crippen LogP contribution in [0.5, 0.6) is 0 Å². The highest BCUT2D eigenvalue weighted by Gasteiger charge is 2.23. The van der Waals surface area contributed by atoms with E-state index >= 15 is 0 Å². The minimum Gasteiger partial charge on any atom is -0.353 e. The number of rotatable bonds is 4. The van der Waals surface area contributed by atoms with Gasteiger partial charge in [-0.2, -0.15) is 0 Å². The first-order valence-corrected chi connectivity index (χ1v) is 8.81. The summed E-state index contributed by atoms with van der Waals surface area (Å²) in [6.07, 6.45) is 10.7. The number of thioether (sulfide) groups is 1. The van der Waals surface area contributed by atoms with Crippen molar-refractivity contribution in [3.05, 3.63) is 42.5 Å². The van der Waals surface area contributed by atoms with Crippen molar-refractivity contribution >= 4 is 23.5 Å². The van der Waals surface area contributed by atoms with Gasteiger partial charge in [0, 0.05) is 37.7 Å². The highest BCUT2D eigenvalue weighted by molar-refractivity contribution is 7.98. The van der Waals surface area contributed by atoms with Crippen LogP contribution in [-0.4, -0.2) is 46.2 Å². The number of carbonyl (C=O) groups is 1. The molecule has 1 amide bonds. The van der Waals surface area contributed by atoms with Crippen LogP contribution < -0.4 is 10.2 Å². The van der Waals surface area contributed by atoms with Gasteiger partial charge < -0.3 is 10.2 Å². The van der Waals surface area contributed by atoms with Gasteiger partial charge in [-0.25, -0.2) is 9.97 Å². The first-order chi connectivity index (χ1) is 11.3. The highest BCUT2D eigenvalue weighted by atomic mass is 32.2. The lowest BCUT2D eigenvalue weighted by Gasteiger charge is -2.33. The van der Waals surface area contributed by atoms with E-state index in [1.807, 2.05) is 12.3 Å². The van der Waals surface area contributed by atoms with Crippen molar-refractivity contribution in [1.82, 2.24) is 20.3 Å². The van der Waals surface area contributed by atoms with Gasteiger partial charge in [-0.1, -0.05) is 0 Å². The molecule has 120 valence electrons. The Morgan fingerprint density at radius 3 is 3.04 bits per heavy atom. The Bertz CT molecular complexity index is 667. The van der Waals surface area contributed by atoms with E-state index in [0.29, 0.717) is 5.56 Å². The maximum absolute atomic E-state index is 12.5. The number of piperidine rings is 1. The van der Waals surface area contributed by atoms with E-state index in [4.69, 9.17) is 0 Å². The zero-order chi connectivity index (χ0) is 16.1. The number of amides is 1. The molecular formula is C16H19N5OS. The SMILES string of the molecule is CSc1ncccc1C(=O)NC1CCCN(c2cnccn2)C1. The zero-order valence-electron chi connectivity index (χ0n) is 13.0. The van der Waals surface area contributed by atoms with Crippen LogP contribution in [0.25, 0.3) is 0 Å². The average Bonchev–Trinajstić information content (AvgIpc) is 2.62. The second-order valence-electron chi connectivity index (χ2n) is 5.38. The molecule has 1 unspecified atom stereocenters. The molecule has 0 aliphatic carbocycles. The number of anilines is 1. The van der Waals surface area contributed by atoms with E-state index in [0.717, 1.165) is 36.8 Å². The summed E-state index contributed by atoms with van der Waals surface area (Å²) in [6, 6.07) is 3.71. The molecule has 7 heteroatoms. The maximum Gasteiger partial charge on any atom is 0.254 e. The standard InChI is InChI=1S/C16H19N5OS/c1-23-16-13(5-2-6-19-16)15(22)20-12-4-3-9-21(11-12)14-10-17-7-8-18-14/h2,5-8,10,12H,3-4,9,11H2,1H3,(H,20,22). The van der Waals surface area contributed by atoms with Crippen molar-refractivity contribution in [2.45, 2.75) is 23.9 Å². The van der Waals surface area contributed by atoms with Gasteiger partial charge >= 0.3 is 0 Å². The molecule has 0 radical (unpaired) electrons. The summed E-state index contributed by atoms with van der Waals surface area (Å²) in [5.41, 5.74) is 0.636. The van der Waals surface area contributed by atoms with Crippen LogP contribution in [0, 0.1) is 0 Å². The number of hydrogen-bond acceptors (Lipinski definition) is 6. The Hall–Kier alpha value is -2.15. The molecule has 23 heavy (non-hydrogen) atoms. The van der Waals surface area contributed by atoms with E-state index in [1.165, 1.54) is 11.8 Å². The molecule has 0 aromatic carbocycles. The maximum atomic E-state index is 12.5. The molecule has 6 nitrogen and oxygen atoms in total. The molecule has 2 aromatic heterocycles. The first-order valence-electron chi connectivity index (χ1n) is 7.59. The predicted octanol–water partition coefficient (Wildman–Crippen LogP) is 1.99. The van der Waals surface area contributed by atoms with Crippen LogP contribution in [0.2, 0.25) is 0 Å². The van der Waals surface area contributed by atoms with E-state index in [2.05, 4.69) is 25.2 Å². The van der Waals surface area contributed by atoms with Crippen LogP contribution in [0.15, 0.2) is 41.9 Å². The lowest BCUT2D eigenvalue weighted by Crippen LogP contribution is -2.48. The van der Waals surface area contributed by atoms with Crippen molar-refractivity contribution in [2.75, 3.05) is 24.2 Å². The molecule has 1 aliphatic rings. The molecule has 1 atom stereocenters. The van der Waals surface area contributed by atoms with Gasteiger partial charge in [-0.05, 0) is 31.2 Å². The minimum absolute atomic E-state index is 0.0616. The second kappa shape index (κ2) is 7.41. The third kappa shape index (κ3) is 3.79. The van der Waals surface area contributed by atoms with Crippen molar-refractivity contribution in [3.8, 4) is 0 Å². The van der Waals surface area contributed by atoms with Crippen LogP contribution in [0.3, 0.4) is 0 Å². The smallest absolute Gasteiger partial charge is 0.254 e. The van der Waals surface area contributed by atoms with Gasteiger partial charge in [0.25, 0.3) is 5.91 Å². The molecule has 0 bridgehead atoms. The van der Waals surface area contributed by atoms with Crippen LogP contribution in [0.4, 0.5) is 5.82 Å². The van der Waals surface area contributed by atoms with Crippen LogP contribution in [-0.2, 0) is 0 Å². The lowest BCUT2D eigenvalue weighted by atomic mass is 10.1. The molecule has 3 heterocycles. The third-order valence-corrected chi connectivity index (χ3v) is 4.55. The fourth-order valence-electron chi connectivity index (χ4n) is 2.75. The van der Waals surface area contributed by atoms with Gasteiger partial charge in [0.1, 0.15) is 10.8 Å². The van der Waals surface area contributed by atoms with Crippen LogP contribution >= 0.6 is 11.8 Å². The topological polar surface area (TPSA) is 71.0 Å². The molecular weight excluding hydrogens is 310 g/mol. The summed E-state index contributed by atoms with van der Waals surface area (Å²) < 4.78 is 0. The summed E-state index contributed by atoms with van der Waals surface area (Å²) in [4.78, 5) is 27.4. The van der Waals surface area contributed by atoms with Crippen molar-refractivity contribution in [3.63, 3.8) is 0 Å². The number of hydrogen-bond donors (Lipinski definition) is 1. The summed E-state index contributed by atoms with van der Waals surface area (Å²) in [7, 11) is 0. The Kier molecular flexibility index (Phi) is 5.07. The molecule has 0 spiro atoms. The number of carbonyl (C=O) groups excluding carboxylic acids is 1. The summed E-state index contributed by atoms with van der Waals surface area (Å²) in [6.45, 7) is 1.69. The van der Waals surface area contributed by atoms with Gasteiger partial charge in [0.15, 0.2) is 0 Å². The van der Waals surface area contributed by atoms with E-state index in [1.54, 1.807) is 30.9 Å². The molecule has 1 saturated heterocycles. The summed E-state index contributed by atoms with van der Waals surface area (Å²) in [5.74, 6) is 0.797. The van der Waals surface area contributed by atoms with E-state index in [9.17, 15) is 4.79 Å². The Morgan fingerprint density at radius 1 is 1.35 bits per heavy atom. The van der Waals surface area contributed by atoms with E-state index < -0.39 is 0 Å². The number of aromatic nitrogens is 3. The Balaban J connectivity index is 1.67. The lowest BCUT2D eigenvalue weighted by molar-refractivity contribution is 0.0929. The van der Waals surface area contributed by atoms with Crippen molar-refractivity contribution < 1.29 is 4.79 Å². The normalized spacial score (nSPS) is 17.8. The predicted molar refractivity (Wildman–Crippen MR) is 90.8 cm³/mol. The fraction of sp³-hybridized carbons (Fsp3) is 0.375. The minimum atomic E-state index is -0.0616. The zero-order valence-corrected chi connectivity index (χ0v) is 13.8. The molecule has 1 fully saturated rings. The van der Waals surface area contributed by atoms with Gasteiger partial charge in [-0.3, -0.25) is 9.78 Å². The molecule has 0 saturated carbocycles. The average molecular weight is 329 g/mol. The second-order valence-corrected chi connectivity index (χ2v) is 6.18. The Labute approximate surface area is 139 Å². The Morgan fingerprint density at radius 2 is 2.26 bits per heavy atom. The third-order valence-electron chi connectivity index (χ3n) is 3.84. The monoisotopic (exact) mass is 329 g/mol. The molecule has 3 rings (SSSR count). The quantitative estimate of drug-likeness (QED) is 0.865. The van der Waals surface area contributed by atoms with Gasteiger partial charge in [0.2, 0.25) is 0 Å². The van der Waals surface area contributed by atoms with Gasteiger partial charge in [-0.15, -0.1) is 11.8 Å². The molecule has 2 aromatic rings. The summed E-state index contributed by atoms with van der Waals surface area (Å²) >= 11 is 1.48. The molecule has 1 aliphatic heterocycles. The fourth-order valence-corrected chi connectivity index (χ4v) is 3.29. The number of nitrogens with one attached hydrogen (secondary N) is 1. The molecule has 1 N–H and O–H groups in total. The number of nitrogens with zero attached hydrogens (tertiary/aromatic N) is 4. The first kappa shape index (κ1) is 15.7.